The van der Waals surface area contributed by atoms with E-state index in [0.29, 0.717) is 91.3 Å². The van der Waals surface area contributed by atoms with Gasteiger partial charge >= 0.3 is 22.8 Å². The maximum absolute atomic E-state index is 12.1. The molecule has 0 atom stereocenters. The first-order valence-corrected chi connectivity index (χ1v) is 27.5. The molecule has 8 heterocycles. The van der Waals surface area contributed by atoms with Crippen LogP contribution in [0.4, 0.5) is 0 Å². The molecule has 8 aromatic heterocycles. The molecule has 4 N–H and O–H groups in total. The first-order chi connectivity index (χ1) is 40.2. The second-order valence-corrected chi connectivity index (χ2v) is 21.3. The number of hydrogen-bond donors (Lipinski definition) is 4. The van der Waals surface area contributed by atoms with Gasteiger partial charge in [0.1, 0.15) is 45.1 Å². The van der Waals surface area contributed by atoms with E-state index < -0.39 is 0 Å². The van der Waals surface area contributed by atoms with Crippen molar-refractivity contribution in [2.24, 2.45) is 28.2 Å². The van der Waals surface area contributed by atoms with Crippen molar-refractivity contribution in [2.75, 3.05) is 0 Å². The van der Waals surface area contributed by atoms with E-state index in [2.05, 4.69) is 120 Å². The Bertz CT molecular complexity index is 4530. The van der Waals surface area contributed by atoms with Gasteiger partial charge in [-0.15, -0.1) is 0 Å². The summed E-state index contributed by atoms with van der Waals surface area (Å²) in [5.74, 6) is 7.15. The number of nitrogens with zero attached hydrogens (tertiary/aromatic N) is 8. The number of hydrogen-bond acceptors (Lipinski definition) is 12. The van der Waals surface area contributed by atoms with Gasteiger partial charge in [-0.2, -0.15) is 0 Å². The van der Waals surface area contributed by atoms with Gasteiger partial charge in [0.05, 0.1) is 0 Å². The molecule has 12 rings (SSSR count). The zero-order valence-corrected chi connectivity index (χ0v) is 49.0. The standard InChI is InChI=1S/C17H19N3O2.2C16H17N3O2.C15H15N3O2.3CH4/c1-11(2)12-6-5-7-13(10-12)22-14-8-9-18-16-15(14)19(3)17(21)20(16)4;1-10(2)11-5-4-6-12(9-11)21-13-7-8-17-15-14(13)19(3)16(20)18-15;1-10(2)11-5-4-6-12(9-11)21-13-7-8-17-15-14(13)18-16(20)19(15)3;1-9(2)10-4-3-5-11(8-10)20-12-6-7-16-14-13(12)17-15(19)18-14;;;/h5-11H,1-4H3;4-10H,1-3H3,(H,17,18,20);4-10H,1-3H3,(H,18,20);3-9H,1-2H3,(H2,16,17,18,19);3*1H4. The molecule has 0 aliphatic heterocycles. The minimum atomic E-state index is -0.292. The Balaban J connectivity index is 0.000000183. The zero-order chi connectivity index (χ0) is 59.9. The molecule has 0 saturated carbocycles. The summed E-state index contributed by atoms with van der Waals surface area (Å²) in [6.07, 6.45) is 6.52. The van der Waals surface area contributed by atoms with Gasteiger partial charge in [-0.05, 0) is 94.5 Å². The van der Waals surface area contributed by atoms with Crippen molar-refractivity contribution >= 4 is 44.7 Å². The maximum Gasteiger partial charge on any atom is 0.329 e. The number of benzene rings is 4. The van der Waals surface area contributed by atoms with Gasteiger partial charge in [0.2, 0.25) is 0 Å². The van der Waals surface area contributed by atoms with E-state index in [1.54, 1.807) is 81.8 Å². The van der Waals surface area contributed by atoms with E-state index in [0.717, 1.165) is 23.0 Å². The number of aryl methyl sites for hydroxylation is 4. The molecule has 456 valence electrons. The predicted octanol–water partition coefficient (Wildman–Crippen LogP) is 14.6. The van der Waals surface area contributed by atoms with Gasteiger partial charge in [-0.3, -0.25) is 28.2 Å². The van der Waals surface area contributed by atoms with Crippen molar-refractivity contribution in [3.05, 3.63) is 210 Å². The van der Waals surface area contributed by atoms with E-state index >= 15 is 0 Å². The monoisotopic (exact) mass is 1180 g/mol. The largest absolute Gasteiger partial charge is 0.455 e. The molecule has 20 nitrogen and oxygen atoms in total. The third-order valence-corrected chi connectivity index (χ3v) is 14.0. The predicted molar refractivity (Wildman–Crippen MR) is 348 cm³/mol. The Labute approximate surface area is 505 Å². The highest BCUT2D eigenvalue weighted by molar-refractivity contribution is 5.81. The second kappa shape index (κ2) is 28.6. The first kappa shape index (κ1) is 65.9. The highest BCUT2D eigenvalue weighted by Gasteiger charge is 2.17. The number of aromatic amines is 4. The lowest BCUT2D eigenvalue weighted by molar-refractivity contribution is 0.484. The number of imidazole rings is 4. The normalized spacial score (nSPS) is 10.9. The number of H-pyrrole nitrogens is 4. The van der Waals surface area contributed by atoms with E-state index in [9.17, 15) is 19.2 Å². The van der Waals surface area contributed by atoms with Crippen LogP contribution in [0.3, 0.4) is 0 Å². The zero-order valence-electron chi connectivity index (χ0n) is 49.0. The summed E-state index contributed by atoms with van der Waals surface area (Å²) in [6.45, 7) is 17.1. The molecule has 87 heavy (non-hydrogen) atoms. The Morgan fingerprint density at radius 2 is 0.747 bits per heavy atom. The smallest absolute Gasteiger partial charge is 0.329 e. The summed E-state index contributed by atoms with van der Waals surface area (Å²) in [6, 6.07) is 38.9. The van der Waals surface area contributed by atoms with E-state index in [1.807, 2.05) is 72.8 Å². The molecule has 0 aliphatic carbocycles. The van der Waals surface area contributed by atoms with Gasteiger partial charge in [0, 0.05) is 77.2 Å². The Morgan fingerprint density at radius 1 is 0.368 bits per heavy atom. The number of ether oxygens (including phenoxy) is 4. The average molecular weight is 1180 g/mol. The number of nitrogens with one attached hydrogen (secondary N) is 4. The van der Waals surface area contributed by atoms with Gasteiger partial charge in [-0.1, -0.05) is 126 Å². The molecule has 0 unspecified atom stereocenters. The van der Waals surface area contributed by atoms with Crippen molar-refractivity contribution in [1.82, 2.24) is 58.1 Å². The van der Waals surface area contributed by atoms with E-state index in [-0.39, 0.29) is 45.0 Å². The fraction of sp³-hybridized carbons (Fsp3) is 0.284. The fourth-order valence-electron chi connectivity index (χ4n) is 9.13. The number of rotatable bonds is 12. The van der Waals surface area contributed by atoms with Crippen molar-refractivity contribution < 1.29 is 18.9 Å². The molecule has 0 amide bonds. The van der Waals surface area contributed by atoms with E-state index in [4.69, 9.17) is 18.9 Å². The van der Waals surface area contributed by atoms with Crippen molar-refractivity contribution in [2.45, 2.75) is 101 Å². The third kappa shape index (κ3) is 15.0. The van der Waals surface area contributed by atoms with Gasteiger partial charge in [-0.25, -0.2) is 39.1 Å². The van der Waals surface area contributed by atoms with Gasteiger partial charge in [0.25, 0.3) is 0 Å². The highest BCUT2D eigenvalue weighted by Crippen LogP contribution is 2.33. The summed E-state index contributed by atoms with van der Waals surface area (Å²) in [4.78, 5) is 74.3. The van der Waals surface area contributed by atoms with Crippen molar-refractivity contribution in [3.63, 3.8) is 0 Å². The van der Waals surface area contributed by atoms with Gasteiger partial charge in [0.15, 0.2) is 45.6 Å². The van der Waals surface area contributed by atoms with Crippen LogP contribution in [0.5, 0.6) is 46.0 Å². The summed E-state index contributed by atoms with van der Waals surface area (Å²) < 4.78 is 29.8. The van der Waals surface area contributed by atoms with Crippen LogP contribution in [-0.2, 0) is 28.2 Å². The summed E-state index contributed by atoms with van der Waals surface area (Å²) in [5, 5.41) is 0. The molecule has 20 heteroatoms. The molecule has 0 aliphatic rings. The van der Waals surface area contributed by atoms with Crippen LogP contribution in [0.25, 0.3) is 44.7 Å². The minimum Gasteiger partial charge on any atom is -0.455 e. The molecular formula is C67H80N12O8. The quantitative estimate of drug-likeness (QED) is 0.0893. The fourth-order valence-corrected chi connectivity index (χ4v) is 9.13. The third-order valence-electron chi connectivity index (χ3n) is 14.0. The minimum absolute atomic E-state index is 0. The second-order valence-electron chi connectivity index (χ2n) is 21.3. The van der Waals surface area contributed by atoms with Gasteiger partial charge < -0.3 is 28.9 Å². The molecule has 0 fully saturated rings. The van der Waals surface area contributed by atoms with Crippen LogP contribution in [0.15, 0.2) is 165 Å². The molecule has 12 aromatic rings. The van der Waals surface area contributed by atoms with Crippen LogP contribution in [0, 0.1) is 0 Å². The Morgan fingerprint density at radius 3 is 1.21 bits per heavy atom. The van der Waals surface area contributed by atoms with Crippen LogP contribution in [0.2, 0.25) is 0 Å². The van der Waals surface area contributed by atoms with Crippen LogP contribution >= 0.6 is 0 Å². The molecule has 0 saturated heterocycles. The molecular weight excluding hydrogens is 1100 g/mol. The van der Waals surface area contributed by atoms with Crippen LogP contribution in [0.1, 0.15) is 124 Å². The lowest BCUT2D eigenvalue weighted by Gasteiger charge is -2.10. The number of aromatic nitrogens is 12. The first-order valence-electron chi connectivity index (χ1n) is 27.5. The molecule has 0 radical (unpaired) electrons. The van der Waals surface area contributed by atoms with Crippen LogP contribution in [-0.4, -0.2) is 58.1 Å². The summed E-state index contributed by atoms with van der Waals surface area (Å²) >= 11 is 0. The van der Waals surface area contributed by atoms with E-state index in [1.165, 1.54) is 36.0 Å². The van der Waals surface area contributed by atoms with Crippen molar-refractivity contribution in [1.29, 1.82) is 0 Å². The summed E-state index contributed by atoms with van der Waals surface area (Å²) in [7, 11) is 6.81. The summed E-state index contributed by atoms with van der Waals surface area (Å²) in [5.41, 5.74) is 8.79. The average Bonchev–Trinajstić information content (AvgIpc) is 2.23. The molecule has 0 spiro atoms. The number of pyridine rings is 4. The molecule has 4 aromatic carbocycles. The lowest BCUT2D eigenvalue weighted by atomic mass is 10.0. The highest BCUT2D eigenvalue weighted by atomic mass is 16.5. The SMILES string of the molecule is C.C.C.CC(C)c1cccc(Oc2ccnc3[nH]c(=O)[nH]c23)c1.CC(C)c1cccc(Oc2ccnc3[nH]c(=O)n(C)c23)c1.CC(C)c1cccc(Oc2ccnc3c2[nH]c(=O)n3C)c1.CC(C)c1cccc(Oc2ccnc3c2n(C)c(=O)n3C)c1. The number of fused-ring (bicyclic) bond motifs is 4. The Kier molecular flexibility index (Phi) is 21.6. The Hall–Kier alpha value is -10.2. The maximum atomic E-state index is 12.1. The lowest BCUT2D eigenvalue weighted by Crippen LogP contribution is -2.19. The van der Waals surface area contributed by atoms with Crippen LogP contribution < -0.4 is 41.7 Å². The van der Waals surface area contributed by atoms with Crippen molar-refractivity contribution in [3.8, 4) is 46.0 Å². The topological polar surface area (TPSA) is 240 Å². The molecule has 0 bridgehead atoms.